The molecule has 0 aliphatic heterocycles. The Kier molecular flexibility index (Phi) is 6.69. The van der Waals surface area contributed by atoms with Crippen LogP contribution in [0.15, 0.2) is 30.3 Å². The van der Waals surface area contributed by atoms with Gasteiger partial charge in [-0.25, -0.2) is 0 Å². The van der Waals surface area contributed by atoms with E-state index >= 15 is 0 Å². The largest absolute Gasteiger partial charge is 0.377 e. The smallest absolute Gasteiger partial charge is 0.345 e. The number of alkyl halides is 2. The monoisotopic (exact) mass is 230 g/mol. The first-order valence-corrected chi connectivity index (χ1v) is 5.30. The minimum absolute atomic E-state index is 0.0896. The van der Waals surface area contributed by atoms with Crippen molar-refractivity contribution < 1.29 is 18.3 Å². The number of unbranched alkanes of at least 4 members (excludes halogenated alkanes) is 1. The van der Waals surface area contributed by atoms with Crippen LogP contribution in [0.4, 0.5) is 8.78 Å². The van der Waals surface area contributed by atoms with E-state index in [4.69, 9.17) is 4.74 Å². The lowest BCUT2D eigenvalue weighted by atomic mass is 10.2. The van der Waals surface area contributed by atoms with Crippen LogP contribution in [-0.4, -0.2) is 19.8 Å². The lowest BCUT2D eigenvalue weighted by Crippen LogP contribution is -2.02. The molecule has 0 unspecified atom stereocenters. The van der Waals surface area contributed by atoms with Crippen LogP contribution in [-0.2, 0) is 16.1 Å². The zero-order valence-corrected chi connectivity index (χ0v) is 9.07. The van der Waals surface area contributed by atoms with Crippen molar-refractivity contribution in [3.63, 3.8) is 0 Å². The molecule has 0 aromatic heterocycles. The van der Waals surface area contributed by atoms with Crippen LogP contribution in [0.1, 0.15) is 18.4 Å². The molecule has 0 fully saturated rings. The Labute approximate surface area is 94.2 Å². The number of hydrogen-bond acceptors (Lipinski definition) is 2. The predicted octanol–water partition coefficient (Wildman–Crippen LogP) is 3.22. The fourth-order valence-corrected chi connectivity index (χ4v) is 1.24. The van der Waals surface area contributed by atoms with E-state index in [0.29, 0.717) is 19.6 Å². The van der Waals surface area contributed by atoms with E-state index in [1.165, 1.54) is 0 Å². The average Bonchev–Trinajstić information content (AvgIpc) is 2.29. The highest BCUT2D eigenvalue weighted by atomic mass is 19.3. The Morgan fingerprint density at radius 1 is 1.00 bits per heavy atom. The van der Waals surface area contributed by atoms with E-state index in [2.05, 4.69) is 4.74 Å². The molecular weight excluding hydrogens is 214 g/mol. The summed E-state index contributed by atoms with van der Waals surface area (Å²) in [5, 5.41) is 0. The lowest BCUT2D eigenvalue weighted by molar-refractivity contribution is -0.129. The number of hydrogen-bond donors (Lipinski definition) is 0. The standard InChI is InChI=1S/C12H16F2O2/c13-12(14)16-9-5-4-8-15-10-11-6-2-1-3-7-11/h1-3,6-7,12H,4-5,8-10H2. The van der Waals surface area contributed by atoms with Crippen LogP contribution in [0.5, 0.6) is 0 Å². The zero-order chi connectivity index (χ0) is 11.6. The van der Waals surface area contributed by atoms with E-state index in [-0.39, 0.29) is 6.61 Å². The molecule has 0 amide bonds. The van der Waals surface area contributed by atoms with Gasteiger partial charge in [-0.1, -0.05) is 30.3 Å². The molecule has 0 radical (unpaired) electrons. The van der Waals surface area contributed by atoms with Crippen LogP contribution in [0.25, 0.3) is 0 Å². The van der Waals surface area contributed by atoms with Crippen molar-refractivity contribution in [2.45, 2.75) is 26.1 Å². The summed E-state index contributed by atoms with van der Waals surface area (Å²) >= 11 is 0. The van der Waals surface area contributed by atoms with Crippen molar-refractivity contribution in [2.75, 3.05) is 13.2 Å². The topological polar surface area (TPSA) is 18.5 Å². The van der Waals surface area contributed by atoms with Crippen LogP contribution in [0, 0.1) is 0 Å². The average molecular weight is 230 g/mol. The third-order valence-electron chi connectivity index (χ3n) is 2.04. The van der Waals surface area contributed by atoms with Gasteiger partial charge in [-0.15, -0.1) is 0 Å². The van der Waals surface area contributed by atoms with Gasteiger partial charge in [0.25, 0.3) is 0 Å². The van der Waals surface area contributed by atoms with Crippen molar-refractivity contribution in [3.05, 3.63) is 35.9 Å². The third kappa shape index (κ3) is 6.48. The second-order valence-electron chi connectivity index (χ2n) is 3.38. The Morgan fingerprint density at radius 3 is 2.38 bits per heavy atom. The minimum Gasteiger partial charge on any atom is -0.377 e. The molecule has 0 aliphatic carbocycles. The molecule has 90 valence electrons. The van der Waals surface area contributed by atoms with Crippen LogP contribution < -0.4 is 0 Å². The summed E-state index contributed by atoms with van der Waals surface area (Å²) in [6, 6.07) is 9.83. The normalized spacial score (nSPS) is 10.9. The first-order valence-electron chi connectivity index (χ1n) is 5.30. The molecule has 1 aromatic carbocycles. The maximum Gasteiger partial charge on any atom is 0.345 e. The van der Waals surface area contributed by atoms with Gasteiger partial charge < -0.3 is 9.47 Å². The molecule has 0 N–H and O–H groups in total. The van der Waals surface area contributed by atoms with Crippen LogP contribution >= 0.6 is 0 Å². The molecule has 0 atom stereocenters. The highest BCUT2D eigenvalue weighted by molar-refractivity contribution is 5.13. The molecule has 4 heteroatoms. The van der Waals surface area contributed by atoms with Crippen molar-refractivity contribution in [3.8, 4) is 0 Å². The molecule has 2 nitrogen and oxygen atoms in total. The van der Waals surface area contributed by atoms with Crippen LogP contribution in [0.3, 0.4) is 0 Å². The molecule has 1 rings (SSSR count). The number of ether oxygens (including phenoxy) is 2. The van der Waals surface area contributed by atoms with Crippen molar-refractivity contribution in [2.24, 2.45) is 0 Å². The maximum atomic E-state index is 11.6. The van der Waals surface area contributed by atoms with Gasteiger partial charge in [0.2, 0.25) is 0 Å². The number of rotatable bonds is 8. The van der Waals surface area contributed by atoms with E-state index in [1.54, 1.807) is 0 Å². The summed E-state index contributed by atoms with van der Waals surface area (Å²) in [6.45, 7) is -1.44. The summed E-state index contributed by atoms with van der Waals surface area (Å²) in [6.07, 6.45) is 1.33. The fourth-order valence-electron chi connectivity index (χ4n) is 1.24. The number of halogens is 2. The lowest BCUT2D eigenvalue weighted by Gasteiger charge is -2.04. The molecule has 0 heterocycles. The van der Waals surface area contributed by atoms with Gasteiger partial charge in [0.1, 0.15) is 0 Å². The first-order chi connectivity index (χ1) is 7.79. The van der Waals surface area contributed by atoms with Crippen molar-refractivity contribution in [1.29, 1.82) is 0 Å². The SMILES string of the molecule is FC(F)OCCCCOCc1ccccc1. The summed E-state index contributed by atoms with van der Waals surface area (Å²) < 4.78 is 32.7. The second-order valence-corrected chi connectivity index (χ2v) is 3.38. The highest BCUT2D eigenvalue weighted by Gasteiger charge is 1.99. The van der Waals surface area contributed by atoms with E-state index in [9.17, 15) is 8.78 Å². The summed E-state index contributed by atoms with van der Waals surface area (Å²) in [4.78, 5) is 0. The minimum atomic E-state index is -2.66. The van der Waals surface area contributed by atoms with Gasteiger partial charge in [-0.05, 0) is 18.4 Å². The van der Waals surface area contributed by atoms with E-state index < -0.39 is 6.61 Å². The van der Waals surface area contributed by atoms with E-state index in [1.807, 2.05) is 30.3 Å². The van der Waals surface area contributed by atoms with Gasteiger partial charge in [0.15, 0.2) is 0 Å². The molecule has 1 aromatic rings. The zero-order valence-electron chi connectivity index (χ0n) is 9.07. The second kappa shape index (κ2) is 8.19. The number of benzene rings is 1. The highest BCUT2D eigenvalue weighted by Crippen LogP contribution is 2.02. The van der Waals surface area contributed by atoms with Crippen molar-refractivity contribution in [1.82, 2.24) is 0 Å². The van der Waals surface area contributed by atoms with Gasteiger partial charge in [0, 0.05) is 6.61 Å². The molecular formula is C12H16F2O2. The molecule has 0 spiro atoms. The molecule has 0 saturated carbocycles. The van der Waals surface area contributed by atoms with Crippen molar-refractivity contribution >= 4 is 0 Å². The maximum absolute atomic E-state index is 11.6. The van der Waals surface area contributed by atoms with E-state index in [0.717, 1.165) is 12.0 Å². The van der Waals surface area contributed by atoms with Gasteiger partial charge in [0.05, 0.1) is 13.2 Å². The molecule has 16 heavy (non-hydrogen) atoms. The van der Waals surface area contributed by atoms with Gasteiger partial charge >= 0.3 is 6.61 Å². The first kappa shape index (κ1) is 13.1. The Hall–Kier alpha value is -1.00. The van der Waals surface area contributed by atoms with Gasteiger partial charge in [-0.2, -0.15) is 8.78 Å². The summed E-state index contributed by atoms with van der Waals surface area (Å²) in [7, 11) is 0. The Balaban J connectivity index is 1.93. The van der Waals surface area contributed by atoms with Crippen LogP contribution in [0.2, 0.25) is 0 Å². The third-order valence-corrected chi connectivity index (χ3v) is 2.04. The Bertz CT molecular complexity index is 265. The molecule has 0 saturated heterocycles. The molecule has 0 bridgehead atoms. The quantitative estimate of drug-likeness (QED) is 0.638. The fraction of sp³-hybridized carbons (Fsp3) is 0.500. The predicted molar refractivity (Wildman–Crippen MR) is 57.3 cm³/mol. The summed E-state index contributed by atoms with van der Waals surface area (Å²) in [5.41, 5.74) is 1.12. The molecule has 0 aliphatic rings. The summed E-state index contributed by atoms with van der Waals surface area (Å²) in [5.74, 6) is 0. The Morgan fingerprint density at radius 2 is 1.69 bits per heavy atom. The van der Waals surface area contributed by atoms with Gasteiger partial charge in [-0.3, -0.25) is 0 Å².